The van der Waals surface area contributed by atoms with E-state index >= 15 is 0 Å². The molecule has 0 atom stereocenters. The molecule has 5 nitrogen and oxygen atoms in total. The van der Waals surface area contributed by atoms with Crippen LogP contribution in [0.15, 0.2) is 68.0 Å². The second-order valence-electron chi connectivity index (χ2n) is 5.76. The molecular formula is C20H13Br2FN2O3S. The van der Waals surface area contributed by atoms with Gasteiger partial charge in [0, 0.05) is 14.9 Å². The summed E-state index contributed by atoms with van der Waals surface area (Å²) >= 11 is 8.19. The molecule has 0 unspecified atom stereocenters. The van der Waals surface area contributed by atoms with Crippen molar-refractivity contribution in [2.75, 3.05) is 0 Å². The van der Waals surface area contributed by atoms with Crippen molar-refractivity contribution in [2.45, 2.75) is 6.42 Å². The number of benzene rings is 2. The number of carbonyl (C=O) groups excluding carboxylic acids is 2. The first kappa shape index (κ1) is 21.4. The average Bonchev–Trinajstić information content (AvgIpc) is 3.17. The Labute approximate surface area is 186 Å². The summed E-state index contributed by atoms with van der Waals surface area (Å²) in [6.07, 6.45) is 1.59. The van der Waals surface area contributed by atoms with Crippen LogP contribution in [0.2, 0.25) is 0 Å². The first-order valence-electron chi connectivity index (χ1n) is 8.23. The van der Waals surface area contributed by atoms with Crippen molar-refractivity contribution in [3.63, 3.8) is 0 Å². The van der Waals surface area contributed by atoms with Crippen molar-refractivity contribution in [1.82, 2.24) is 5.43 Å². The Bertz CT molecular complexity index is 1070. The number of rotatable bonds is 6. The zero-order valence-electron chi connectivity index (χ0n) is 14.7. The molecule has 0 aliphatic rings. The molecule has 0 spiro atoms. The van der Waals surface area contributed by atoms with Gasteiger partial charge in [-0.05, 0) is 57.7 Å². The normalized spacial score (nSPS) is 10.9. The van der Waals surface area contributed by atoms with Gasteiger partial charge >= 0.3 is 5.97 Å². The number of esters is 1. The van der Waals surface area contributed by atoms with Crippen LogP contribution in [0.25, 0.3) is 0 Å². The van der Waals surface area contributed by atoms with Crippen LogP contribution in [0, 0.1) is 5.82 Å². The highest BCUT2D eigenvalue weighted by Crippen LogP contribution is 2.32. The molecular weight excluding hydrogens is 527 g/mol. The molecule has 0 aliphatic carbocycles. The second kappa shape index (κ2) is 9.91. The van der Waals surface area contributed by atoms with Crippen LogP contribution >= 0.6 is 43.2 Å². The summed E-state index contributed by atoms with van der Waals surface area (Å²) in [6.45, 7) is 0. The minimum Gasteiger partial charge on any atom is -0.421 e. The summed E-state index contributed by atoms with van der Waals surface area (Å²) in [4.78, 5) is 25.3. The van der Waals surface area contributed by atoms with Gasteiger partial charge in [0.1, 0.15) is 5.82 Å². The topological polar surface area (TPSA) is 67.8 Å². The van der Waals surface area contributed by atoms with E-state index in [1.807, 2.05) is 17.5 Å². The van der Waals surface area contributed by atoms with E-state index in [0.29, 0.717) is 14.5 Å². The minimum atomic E-state index is -0.719. The number of nitrogens with zero attached hydrogens (tertiary/aromatic N) is 1. The molecule has 148 valence electrons. The monoisotopic (exact) mass is 538 g/mol. The lowest BCUT2D eigenvalue weighted by Crippen LogP contribution is -2.19. The summed E-state index contributed by atoms with van der Waals surface area (Å²) in [5, 5.41) is 5.84. The molecule has 0 saturated carbocycles. The third-order valence-electron chi connectivity index (χ3n) is 3.60. The van der Waals surface area contributed by atoms with Gasteiger partial charge in [0.2, 0.25) is 5.91 Å². The number of amides is 1. The number of carbonyl (C=O) groups is 2. The molecule has 0 saturated heterocycles. The lowest BCUT2D eigenvalue weighted by atomic mass is 10.2. The van der Waals surface area contributed by atoms with Crippen molar-refractivity contribution in [1.29, 1.82) is 0 Å². The van der Waals surface area contributed by atoms with Crippen LogP contribution in [0.1, 0.15) is 20.8 Å². The van der Waals surface area contributed by atoms with Gasteiger partial charge < -0.3 is 4.74 Å². The van der Waals surface area contributed by atoms with Crippen LogP contribution < -0.4 is 10.2 Å². The lowest BCUT2D eigenvalue weighted by Gasteiger charge is -2.10. The SMILES string of the molecule is O=C(Cc1cccs1)N/N=C/c1cc(Br)cc(Br)c1OC(=O)c1cccc(F)c1. The number of halogens is 3. The second-order valence-corrected chi connectivity index (χ2v) is 8.56. The summed E-state index contributed by atoms with van der Waals surface area (Å²) in [6, 6.07) is 12.3. The fourth-order valence-electron chi connectivity index (χ4n) is 2.34. The molecule has 1 aromatic heterocycles. The molecule has 1 N–H and O–H groups in total. The lowest BCUT2D eigenvalue weighted by molar-refractivity contribution is -0.120. The Balaban J connectivity index is 1.76. The van der Waals surface area contributed by atoms with E-state index in [9.17, 15) is 14.0 Å². The zero-order chi connectivity index (χ0) is 20.8. The number of nitrogens with one attached hydrogen (secondary N) is 1. The van der Waals surface area contributed by atoms with E-state index in [-0.39, 0.29) is 23.6 Å². The van der Waals surface area contributed by atoms with Crippen LogP contribution in [0.5, 0.6) is 5.75 Å². The Morgan fingerprint density at radius 1 is 1.17 bits per heavy atom. The number of thiophene rings is 1. The first-order chi connectivity index (χ1) is 13.9. The Hall–Kier alpha value is -2.36. The van der Waals surface area contributed by atoms with Gasteiger partial charge in [-0.3, -0.25) is 4.79 Å². The molecule has 3 aromatic rings. The van der Waals surface area contributed by atoms with Crippen LogP contribution in [-0.2, 0) is 11.2 Å². The summed E-state index contributed by atoms with van der Waals surface area (Å²) in [7, 11) is 0. The van der Waals surface area contributed by atoms with E-state index in [2.05, 4.69) is 42.4 Å². The van der Waals surface area contributed by atoms with Gasteiger partial charge in [-0.2, -0.15) is 5.10 Å². The summed E-state index contributed by atoms with van der Waals surface area (Å²) in [5.74, 6) is -1.33. The molecule has 2 aromatic carbocycles. The van der Waals surface area contributed by atoms with Crippen LogP contribution in [-0.4, -0.2) is 18.1 Å². The maximum Gasteiger partial charge on any atom is 0.343 e. The average molecular weight is 540 g/mol. The number of ether oxygens (including phenoxy) is 1. The Morgan fingerprint density at radius 3 is 2.72 bits per heavy atom. The van der Waals surface area contributed by atoms with Crippen LogP contribution in [0.3, 0.4) is 0 Å². The van der Waals surface area contributed by atoms with Gasteiger partial charge in [-0.15, -0.1) is 11.3 Å². The van der Waals surface area contributed by atoms with Gasteiger partial charge in [-0.1, -0.05) is 28.1 Å². The van der Waals surface area contributed by atoms with Crippen molar-refractivity contribution < 1.29 is 18.7 Å². The molecule has 9 heteroatoms. The summed E-state index contributed by atoms with van der Waals surface area (Å²) < 4.78 is 20.0. The Morgan fingerprint density at radius 2 is 2.00 bits per heavy atom. The largest absolute Gasteiger partial charge is 0.421 e. The number of hydrogen-bond acceptors (Lipinski definition) is 5. The fourth-order valence-corrected chi connectivity index (χ4v) is 4.38. The Kier molecular flexibility index (Phi) is 7.29. The highest BCUT2D eigenvalue weighted by Gasteiger charge is 2.16. The van der Waals surface area contributed by atoms with E-state index in [0.717, 1.165) is 10.9 Å². The quantitative estimate of drug-likeness (QED) is 0.199. The van der Waals surface area contributed by atoms with Gasteiger partial charge in [0.25, 0.3) is 0 Å². The molecule has 29 heavy (non-hydrogen) atoms. The minimum absolute atomic E-state index is 0.0759. The van der Waals surface area contributed by atoms with E-state index in [4.69, 9.17) is 4.74 Å². The third-order valence-corrected chi connectivity index (χ3v) is 5.52. The van der Waals surface area contributed by atoms with E-state index in [1.54, 1.807) is 12.1 Å². The van der Waals surface area contributed by atoms with Crippen LogP contribution in [0.4, 0.5) is 4.39 Å². The predicted molar refractivity (Wildman–Crippen MR) is 117 cm³/mol. The standard InChI is InChI=1S/C20H13Br2FN2O3S/c21-14-7-13(11-24-25-18(26)10-16-5-2-6-29-16)19(17(22)9-14)28-20(27)12-3-1-4-15(23)8-12/h1-9,11H,10H2,(H,25,26)/b24-11+. The third kappa shape index (κ3) is 6.06. The number of hydrogen-bond donors (Lipinski definition) is 1. The maximum absolute atomic E-state index is 13.4. The fraction of sp³-hybridized carbons (Fsp3) is 0.0500. The maximum atomic E-state index is 13.4. The van der Waals surface area contributed by atoms with Gasteiger partial charge in [0.15, 0.2) is 5.75 Å². The molecule has 1 amide bonds. The first-order valence-corrected chi connectivity index (χ1v) is 10.7. The van der Waals surface area contributed by atoms with Crippen molar-refractivity contribution >= 4 is 61.3 Å². The molecule has 3 rings (SSSR count). The van der Waals surface area contributed by atoms with Crippen molar-refractivity contribution in [3.05, 3.63) is 84.7 Å². The highest BCUT2D eigenvalue weighted by atomic mass is 79.9. The highest BCUT2D eigenvalue weighted by molar-refractivity contribution is 9.11. The molecule has 0 bridgehead atoms. The van der Waals surface area contributed by atoms with Gasteiger partial charge in [0.05, 0.1) is 22.7 Å². The zero-order valence-corrected chi connectivity index (χ0v) is 18.7. The summed E-state index contributed by atoms with van der Waals surface area (Å²) in [5.41, 5.74) is 2.96. The van der Waals surface area contributed by atoms with Gasteiger partial charge in [-0.25, -0.2) is 14.6 Å². The van der Waals surface area contributed by atoms with E-state index < -0.39 is 11.8 Å². The molecule has 0 fully saturated rings. The molecule has 0 radical (unpaired) electrons. The molecule has 0 aliphatic heterocycles. The predicted octanol–water partition coefficient (Wildman–Crippen LogP) is 5.32. The number of hydrazone groups is 1. The van der Waals surface area contributed by atoms with Crippen molar-refractivity contribution in [3.8, 4) is 5.75 Å². The van der Waals surface area contributed by atoms with E-state index in [1.165, 1.54) is 35.8 Å². The smallest absolute Gasteiger partial charge is 0.343 e. The molecule has 1 heterocycles. The van der Waals surface area contributed by atoms with Crippen molar-refractivity contribution in [2.24, 2.45) is 5.10 Å².